The van der Waals surface area contributed by atoms with E-state index < -0.39 is 0 Å². The molecule has 2 rings (SSSR count). The molecule has 0 saturated heterocycles. The molecule has 0 amide bonds. The van der Waals surface area contributed by atoms with Gasteiger partial charge in [0.05, 0.1) is 5.38 Å². The first kappa shape index (κ1) is 10.0. The molecule has 1 aromatic rings. The summed E-state index contributed by atoms with van der Waals surface area (Å²) in [5.74, 6) is 0. The largest absolute Gasteiger partial charge is 0.118 e. The lowest BCUT2D eigenvalue weighted by Crippen LogP contribution is -2.12. The van der Waals surface area contributed by atoms with E-state index in [9.17, 15) is 0 Å². The number of halogens is 1. The molecule has 1 aromatic carbocycles. The maximum Gasteiger partial charge on any atom is 0.0596 e. The number of benzene rings is 1. The predicted octanol–water partition coefficient (Wildman–Crippen LogP) is 4.26. The smallest absolute Gasteiger partial charge is 0.0596 e. The van der Waals surface area contributed by atoms with E-state index in [1.807, 2.05) is 0 Å². The summed E-state index contributed by atoms with van der Waals surface area (Å²) >= 11 is 6.35. The molecule has 0 saturated carbocycles. The van der Waals surface area contributed by atoms with E-state index in [-0.39, 0.29) is 10.8 Å². The summed E-state index contributed by atoms with van der Waals surface area (Å²) in [5, 5.41) is 0.208. The molecule has 1 aliphatic carbocycles. The topological polar surface area (TPSA) is 0 Å². The van der Waals surface area contributed by atoms with Crippen molar-refractivity contribution in [2.24, 2.45) is 0 Å². The summed E-state index contributed by atoms with van der Waals surface area (Å²) in [6.45, 7) is 8.89. The lowest BCUT2D eigenvalue weighted by Gasteiger charge is -2.19. The van der Waals surface area contributed by atoms with Gasteiger partial charge in [0.25, 0.3) is 0 Å². The third-order valence-electron chi connectivity index (χ3n) is 3.42. The first-order chi connectivity index (χ1) is 6.42. The zero-order valence-corrected chi connectivity index (χ0v) is 10.1. The van der Waals surface area contributed by atoms with Crippen LogP contribution in [0.2, 0.25) is 0 Å². The second kappa shape index (κ2) is 3.00. The summed E-state index contributed by atoms with van der Waals surface area (Å²) in [6.07, 6.45) is 1.06. The molecule has 0 aromatic heterocycles. The fourth-order valence-electron chi connectivity index (χ4n) is 2.35. The van der Waals surface area contributed by atoms with Crippen LogP contribution in [-0.2, 0) is 5.41 Å². The summed E-state index contributed by atoms with van der Waals surface area (Å²) in [4.78, 5) is 0. The van der Waals surface area contributed by atoms with Crippen LogP contribution >= 0.6 is 11.6 Å². The van der Waals surface area contributed by atoms with Gasteiger partial charge in [0.2, 0.25) is 0 Å². The molecule has 76 valence electrons. The van der Waals surface area contributed by atoms with Crippen LogP contribution in [0.25, 0.3) is 0 Å². The van der Waals surface area contributed by atoms with Gasteiger partial charge in [-0.25, -0.2) is 0 Å². The Labute approximate surface area is 91.3 Å². The van der Waals surface area contributed by atoms with Gasteiger partial charge in [0, 0.05) is 0 Å². The summed E-state index contributed by atoms with van der Waals surface area (Å²) < 4.78 is 0. The first-order valence-electron chi connectivity index (χ1n) is 5.17. The zero-order valence-electron chi connectivity index (χ0n) is 9.32. The summed E-state index contributed by atoms with van der Waals surface area (Å²) in [7, 11) is 0. The van der Waals surface area contributed by atoms with Crippen molar-refractivity contribution >= 4 is 11.6 Å². The molecular weight excluding hydrogens is 192 g/mol. The van der Waals surface area contributed by atoms with Crippen LogP contribution in [0.5, 0.6) is 0 Å². The average molecular weight is 209 g/mol. The molecule has 0 nitrogen and oxygen atoms in total. The molecule has 0 spiro atoms. The van der Waals surface area contributed by atoms with Crippen LogP contribution < -0.4 is 0 Å². The minimum Gasteiger partial charge on any atom is -0.118 e. The van der Waals surface area contributed by atoms with Crippen molar-refractivity contribution in [3.05, 3.63) is 34.4 Å². The van der Waals surface area contributed by atoms with Crippen molar-refractivity contribution in [1.82, 2.24) is 0 Å². The van der Waals surface area contributed by atoms with Gasteiger partial charge in [-0.1, -0.05) is 26.0 Å². The minimum atomic E-state index is 0.208. The fourth-order valence-corrected chi connectivity index (χ4v) is 2.92. The Balaban J connectivity index is 2.64. The molecule has 0 fully saturated rings. The van der Waals surface area contributed by atoms with Crippen molar-refractivity contribution in [3.8, 4) is 0 Å². The highest BCUT2D eigenvalue weighted by Crippen LogP contribution is 2.48. The number of hydrogen-bond acceptors (Lipinski definition) is 0. The van der Waals surface area contributed by atoms with Crippen molar-refractivity contribution < 1.29 is 0 Å². The lowest BCUT2D eigenvalue weighted by atomic mass is 9.85. The molecule has 0 aliphatic heterocycles. The highest BCUT2D eigenvalue weighted by molar-refractivity contribution is 6.21. The third-order valence-corrected chi connectivity index (χ3v) is 3.81. The molecular formula is C13H17Cl. The van der Waals surface area contributed by atoms with E-state index in [1.165, 1.54) is 22.3 Å². The fraction of sp³-hybridized carbons (Fsp3) is 0.538. The Morgan fingerprint density at radius 1 is 1.21 bits per heavy atom. The van der Waals surface area contributed by atoms with Crippen LogP contribution in [0.3, 0.4) is 0 Å². The van der Waals surface area contributed by atoms with Crippen molar-refractivity contribution in [2.75, 3.05) is 0 Å². The monoisotopic (exact) mass is 208 g/mol. The minimum absolute atomic E-state index is 0.208. The normalized spacial score (nSPS) is 23.6. The van der Waals surface area contributed by atoms with E-state index in [4.69, 9.17) is 11.6 Å². The highest BCUT2D eigenvalue weighted by atomic mass is 35.5. The molecule has 1 aliphatic rings. The summed E-state index contributed by atoms with van der Waals surface area (Å²) in [5.41, 5.74) is 5.77. The van der Waals surface area contributed by atoms with Gasteiger partial charge in [0.1, 0.15) is 0 Å². The summed E-state index contributed by atoms with van der Waals surface area (Å²) in [6, 6.07) is 4.57. The number of aryl methyl sites for hydroxylation is 2. The number of alkyl halides is 1. The van der Waals surface area contributed by atoms with Crippen LogP contribution in [0.4, 0.5) is 0 Å². The Morgan fingerprint density at radius 3 is 2.43 bits per heavy atom. The van der Waals surface area contributed by atoms with Gasteiger partial charge in [-0.15, -0.1) is 11.6 Å². The number of rotatable bonds is 0. The number of fused-ring (bicyclic) bond motifs is 1. The Morgan fingerprint density at radius 2 is 1.79 bits per heavy atom. The lowest BCUT2D eigenvalue weighted by molar-refractivity contribution is 0.516. The van der Waals surface area contributed by atoms with E-state index in [0.717, 1.165) is 6.42 Å². The number of hydrogen-bond donors (Lipinski definition) is 0. The maximum absolute atomic E-state index is 6.35. The molecule has 14 heavy (non-hydrogen) atoms. The molecule has 1 heteroatoms. The Kier molecular flexibility index (Phi) is 2.15. The zero-order chi connectivity index (χ0) is 10.5. The molecule has 1 unspecified atom stereocenters. The van der Waals surface area contributed by atoms with E-state index in [1.54, 1.807) is 0 Å². The van der Waals surface area contributed by atoms with Gasteiger partial charge < -0.3 is 0 Å². The highest BCUT2D eigenvalue weighted by Gasteiger charge is 2.35. The Hall–Kier alpha value is -0.490. The van der Waals surface area contributed by atoms with Crippen molar-refractivity contribution in [1.29, 1.82) is 0 Å². The SMILES string of the molecule is Cc1cc2c(cc1C)C(C)(C)CC2Cl. The molecule has 0 radical (unpaired) electrons. The second-order valence-corrected chi connectivity index (χ2v) is 5.61. The van der Waals surface area contributed by atoms with Crippen molar-refractivity contribution in [2.45, 2.75) is 44.9 Å². The van der Waals surface area contributed by atoms with Crippen LogP contribution in [-0.4, -0.2) is 0 Å². The molecule has 0 bridgehead atoms. The van der Waals surface area contributed by atoms with Crippen LogP contribution in [0.1, 0.15) is 47.9 Å². The Bertz CT molecular complexity index is 377. The van der Waals surface area contributed by atoms with Crippen molar-refractivity contribution in [3.63, 3.8) is 0 Å². The predicted molar refractivity (Wildman–Crippen MR) is 62.2 cm³/mol. The standard InChI is InChI=1S/C13H17Cl/c1-8-5-10-11(6-9(8)2)13(3,4)7-12(10)14/h5-6,12H,7H2,1-4H3. The van der Waals surface area contributed by atoms with Crippen LogP contribution in [0, 0.1) is 13.8 Å². The van der Waals surface area contributed by atoms with Gasteiger partial charge in [-0.2, -0.15) is 0 Å². The molecule has 1 atom stereocenters. The van der Waals surface area contributed by atoms with Gasteiger partial charge >= 0.3 is 0 Å². The molecule has 0 N–H and O–H groups in total. The maximum atomic E-state index is 6.35. The average Bonchev–Trinajstić information content (AvgIpc) is 2.26. The van der Waals surface area contributed by atoms with E-state index >= 15 is 0 Å². The van der Waals surface area contributed by atoms with E-state index in [2.05, 4.69) is 39.8 Å². The third kappa shape index (κ3) is 1.37. The second-order valence-electron chi connectivity index (χ2n) is 5.08. The van der Waals surface area contributed by atoms with E-state index in [0.29, 0.717) is 0 Å². The molecule has 0 heterocycles. The van der Waals surface area contributed by atoms with Gasteiger partial charge in [-0.05, 0) is 47.9 Å². The van der Waals surface area contributed by atoms with Gasteiger partial charge in [0.15, 0.2) is 0 Å². The first-order valence-corrected chi connectivity index (χ1v) is 5.61. The van der Waals surface area contributed by atoms with Gasteiger partial charge in [-0.3, -0.25) is 0 Å². The van der Waals surface area contributed by atoms with Crippen LogP contribution in [0.15, 0.2) is 12.1 Å². The quantitative estimate of drug-likeness (QED) is 0.559.